The van der Waals surface area contributed by atoms with Gasteiger partial charge in [-0.25, -0.2) is 9.67 Å². The first kappa shape index (κ1) is 9.14. The first-order valence-corrected chi connectivity index (χ1v) is 5.00. The number of aryl methyl sites for hydroxylation is 3. The van der Waals surface area contributed by atoms with Crippen LogP contribution in [0.2, 0.25) is 0 Å². The van der Waals surface area contributed by atoms with E-state index in [1.54, 1.807) is 9.36 Å². The predicted molar refractivity (Wildman–Crippen MR) is 61.9 cm³/mol. The zero-order valence-electron chi connectivity index (χ0n) is 9.39. The van der Waals surface area contributed by atoms with Gasteiger partial charge in [-0.3, -0.25) is 4.68 Å². The number of hydrogen-bond acceptors (Lipinski definition) is 4. The number of hydrogen-bond donors (Lipinski definition) is 1. The summed E-state index contributed by atoms with van der Waals surface area (Å²) >= 11 is 0. The maximum atomic E-state index is 5.83. The van der Waals surface area contributed by atoms with Gasteiger partial charge in [0.25, 0.3) is 0 Å². The minimum Gasteiger partial charge on any atom is -0.382 e. The van der Waals surface area contributed by atoms with Crippen LogP contribution < -0.4 is 5.73 Å². The molecule has 6 nitrogen and oxygen atoms in total. The summed E-state index contributed by atoms with van der Waals surface area (Å²) in [5.41, 5.74) is 8.42. The number of aromatic nitrogens is 5. The lowest BCUT2D eigenvalue weighted by molar-refractivity contribution is 0.766. The fraction of sp³-hybridized carbons (Fsp3) is 0.300. The molecule has 0 fully saturated rings. The van der Waals surface area contributed by atoms with Crippen LogP contribution in [0.1, 0.15) is 5.69 Å². The Balaban J connectivity index is 2.58. The summed E-state index contributed by atoms with van der Waals surface area (Å²) in [6, 6.07) is 2.00. The molecule has 82 valence electrons. The van der Waals surface area contributed by atoms with Gasteiger partial charge in [0.05, 0.1) is 11.1 Å². The summed E-state index contributed by atoms with van der Waals surface area (Å²) in [6.45, 7) is 1.96. The molecule has 0 saturated heterocycles. The van der Waals surface area contributed by atoms with Crippen molar-refractivity contribution in [1.29, 1.82) is 0 Å². The molecular weight excluding hydrogens is 204 g/mol. The van der Waals surface area contributed by atoms with E-state index >= 15 is 0 Å². The second-order valence-electron chi connectivity index (χ2n) is 3.95. The lowest BCUT2D eigenvalue weighted by Crippen LogP contribution is -1.95. The highest BCUT2D eigenvalue weighted by Gasteiger charge is 2.12. The Morgan fingerprint density at radius 3 is 2.44 bits per heavy atom. The SMILES string of the molecule is Cc1nn(C)c2nc3c(cc12)c(N)nn3C. The summed E-state index contributed by atoms with van der Waals surface area (Å²) in [6.07, 6.45) is 0. The highest BCUT2D eigenvalue weighted by atomic mass is 15.3. The van der Waals surface area contributed by atoms with Crippen molar-refractivity contribution in [1.82, 2.24) is 24.5 Å². The van der Waals surface area contributed by atoms with Crippen molar-refractivity contribution in [3.8, 4) is 0 Å². The van der Waals surface area contributed by atoms with Gasteiger partial charge >= 0.3 is 0 Å². The van der Waals surface area contributed by atoms with Gasteiger partial charge in [-0.2, -0.15) is 10.2 Å². The lowest BCUT2D eigenvalue weighted by Gasteiger charge is -1.95. The third-order valence-corrected chi connectivity index (χ3v) is 2.82. The van der Waals surface area contributed by atoms with Crippen molar-refractivity contribution in [2.45, 2.75) is 6.92 Å². The van der Waals surface area contributed by atoms with Crippen molar-refractivity contribution in [3.05, 3.63) is 11.8 Å². The van der Waals surface area contributed by atoms with Crippen LogP contribution in [0.4, 0.5) is 5.82 Å². The molecule has 3 heterocycles. The molecule has 6 heteroatoms. The van der Waals surface area contributed by atoms with E-state index in [9.17, 15) is 0 Å². The molecular formula is C10H12N6. The summed E-state index contributed by atoms with van der Waals surface area (Å²) in [5.74, 6) is 0.509. The van der Waals surface area contributed by atoms with Crippen LogP contribution in [-0.2, 0) is 14.1 Å². The molecule has 0 atom stereocenters. The van der Waals surface area contributed by atoms with Crippen LogP contribution >= 0.6 is 0 Å². The minimum absolute atomic E-state index is 0.509. The Morgan fingerprint density at radius 1 is 1.06 bits per heavy atom. The molecule has 0 spiro atoms. The largest absolute Gasteiger partial charge is 0.382 e. The number of anilines is 1. The van der Waals surface area contributed by atoms with Gasteiger partial charge in [-0.15, -0.1) is 0 Å². The standard InChI is InChI=1S/C10H12N6/c1-5-6-4-7-8(11)14-16(3)10(7)12-9(6)15(2)13-5/h4H,1-3H3,(H2,11,14). The molecule has 0 aliphatic rings. The molecule has 0 unspecified atom stereocenters. The number of rotatable bonds is 0. The van der Waals surface area contributed by atoms with E-state index in [0.29, 0.717) is 5.82 Å². The monoisotopic (exact) mass is 216 g/mol. The van der Waals surface area contributed by atoms with E-state index in [1.165, 1.54) is 0 Å². The van der Waals surface area contributed by atoms with E-state index in [0.717, 1.165) is 27.8 Å². The highest BCUT2D eigenvalue weighted by Crippen LogP contribution is 2.24. The Kier molecular flexibility index (Phi) is 1.55. The van der Waals surface area contributed by atoms with Crippen molar-refractivity contribution in [2.24, 2.45) is 14.1 Å². The Labute approximate surface area is 91.7 Å². The van der Waals surface area contributed by atoms with Crippen molar-refractivity contribution < 1.29 is 0 Å². The van der Waals surface area contributed by atoms with Crippen LogP contribution in [0.3, 0.4) is 0 Å². The zero-order chi connectivity index (χ0) is 11.4. The molecule has 0 aliphatic heterocycles. The molecule has 0 bridgehead atoms. The van der Waals surface area contributed by atoms with Gasteiger partial charge in [0.15, 0.2) is 17.1 Å². The Morgan fingerprint density at radius 2 is 1.69 bits per heavy atom. The lowest BCUT2D eigenvalue weighted by atomic mass is 10.2. The van der Waals surface area contributed by atoms with Crippen molar-refractivity contribution >= 4 is 27.9 Å². The Bertz CT molecular complexity index is 590. The van der Waals surface area contributed by atoms with Crippen molar-refractivity contribution in [3.63, 3.8) is 0 Å². The smallest absolute Gasteiger partial charge is 0.162 e. The number of nitrogens with zero attached hydrogens (tertiary/aromatic N) is 5. The third-order valence-electron chi connectivity index (χ3n) is 2.82. The summed E-state index contributed by atoms with van der Waals surface area (Å²) in [5, 5.41) is 10.4. The molecule has 3 aromatic heterocycles. The van der Waals surface area contributed by atoms with Gasteiger partial charge in [0.1, 0.15) is 0 Å². The summed E-state index contributed by atoms with van der Waals surface area (Å²) in [7, 11) is 3.72. The second-order valence-corrected chi connectivity index (χ2v) is 3.95. The number of nitrogens with two attached hydrogens (primary N) is 1. The van der Waals surface area contributed by atoms with E-state index < -0.39 is 0 Å². The molecule has 3 aromatic rings. The predicted octanol–water partition coefficient (Wildman–Crippen LogP) is 0.746. The van der Waals surface area contributed by atoms with E-state index in [-0.39, 0.29) is 0 Å². The molecule has 0 aromatic carbocycles. The normalized spacial score (nSPS) is 11.7. The average Bonchev–Trinajstić information content (AvgIpc) is 2.67. The van der Waals surface area contributed by atoms with Crippen molar-refractivity contribution in [2.75, 3.05) is 5.73 Å². The van der Waals surface area contributed by atoms with Crippen LogP contribution in [0.5, 0.6) is 0 Å². The van der Waals surface area contributed by atoms with Crippen LogP contribution in [0.15, 0.2) is 6.07 Å². The fourth-order valence-electron chi connectivity index (χ4n) is 2.03. The maximum Gasteiger partial charge on any atom is 0.162 e. The summed E-state index contributed by atoms with van der Waals surface area (Å²) < 4.78 is 3.46. The van der Waals surface area contributed by atoms with Gasteiger partial charge < -0.3 is 5.73 Å². The highest BCUT2D eigenvalue weighted by molar-refractivity contribution is 5.96. The van der Waals surface area contributed by atoms with Gasteiger partial charge in [-0.1, -0.05) is 0 Å². The number of pyridine rings is 1. The average molecular weight is 216 g/mol. The molecule has 0 radical (unpaired) electrons. The molecule has 3 rings (SSSR count). The first-order chi connectivity index (χ1) is 7.58. The van der Waals surface area contributed by atoms with Crippen LogP contribution in [0.25, 0.3) is 22.1 Å². The topological polar surface area (TPSA) is 74.6 Å². The van der Waals surface area contributed by atoms with E-state index in [1.807, 2.05) is 27.1 Å². The Hall–Kier alpha value is -2.11. The van der Waals surface area contributed by atoms with Crippen LogP contribution in [-0.4, -0.2) is 24.5 Å². The second kappa shape index (κ2) is 2.72. The van der Waals surface area contributed by atoms with E-state index in [4.69, 9.17) is 5.73 Å². The number of nitrogen functional groups attached to an aromatic ring is 1. The molecule has 2 N–H and O–H groups in total. The van der Waals surface area contributed by atoms with Gasteiger partial charge in [0, 0.05) is 19.5 Å². The summed E-state index contributed by atoms with van der Waals surface area (Å²) in [4.78, 5) is 4.54. The first-order valence-electron chi connectivity index (χ1n) is 5.00. The van der Waals surface area contributed by atoms with Crippen LogP contribution in [0, 0.1) is 6.92 Å². The van der Waals surface area contributed by atoms with Gasteiger partial charge in [-0.05, 0) is 13.0 Å². The maximum absolute atomic E-state index is 5.83. The van der Waals surface area contributed by atoms with Gasteiger partial charge in [0.2, 0.25) is 0 Å². The molecule has 16 heavy (non-hydrogen) atoms. The fourth-order valence-corrected chi connectivity index (χ4v) is 2.03. The zero-order valence-corrected chi connectivity index (χ0v) is 9.39. The minimum atomic E-state index is 0.509. The quantitative estimate of drug-likeness (QED) is 0.601. The third kappa shape index (κ3) is 0.982. The molecule has 0 amide bonds. The molecule has 0 saturated carbocycles. The number of fused-ring (bicyclic) bond motifs is 2. The molecule has 0 aliphatic carbocycles. The van der Waals surface area contributed by atoms with E-state index in [2.05, 4.69) is 15.2 Å².